The van der Waals surface area contributed by atoms with Crippen LogP contribution in [-0.2, 0) is 6.18 Å². The smallest absolute Gasteiger partial charge is 0.298 e. The van der Waals surface area contributed by atoms with Crippen molar-refractivity contribution >= 4 is 22.4 Å². The lowest BCUT2D eigenvalue weighted by atomic mass is 10.2. The van der Waals surface area contributed by atoms with Gasteiger partial charge in [-0.25, -0.2) is 18.4 Å². The maximum Gasteiger partial charge on any atom is 0.434 e. The van der Waals surface area contributed by atoms with E-state index in [0.717, 1.165) is 29.7 Å². The van der Waals surface area contributed by atoms with Gasteiger partial charge in [0.2, 0.25) is 0 Å². The molecule has 0 spiro atoms. The van der Waals surface area contributed by atoms with E-state index in [1.807, 2.05) is 0 Å². The van der Waals surface area contributed by atoms with Crippen LogP contribution >= 0.6 is 11.3 Å². The number of para-hydroxylation sites is 1. The van der Waals surface area contributed by atoms with Gasteiger partial charge in [-0.1, -0.05) is 18.2 Å². The van der Waals surface area contributed by atoms with Crippen LogP contribution in [0.1, 0.15) is 16.1 Å². The molecule has 1 amide bonds. The zero-order valence-electron chi connectivity index (χ0n) is 15.3. The minimum Gasteiger partial charge on any atom is -0.298 e. The second-order valence-corrected chi connectivity index (χ2v) is 7.13. The summed E-state index contributed by atoms with van der Waals surface area (Å²) in [5.41, 5.74) is -1.28. The number of anilines is 1. The van der Waals surface area contributed by atoms with E-state index in [9.17, 15) is 26.7 Å². The van der Waals surface area contributed by atoms with Gasteiger partial charge < -0.3 is 0 Å². The molecule has 0 saturated heterocycles. The molecule has 0 atom stereocenters. The Morgan fingerprint density at radius 3 is 2.45 bits per heavy atom. The lowest BCUT2D eigenvalue weighted by Crippen LogP contribution is -2.20. The zero-order valence-corrected chi connectivity index (χ0v) is 16.1. The third-order valence-electron chi connectivity index (χ3n) is 4.22. The zero-order chi connectivity index (χ0) is 22.2. The van der Waals surface area contributed by atoms with Crippen molar-refractivity contribution in [3.05, 3.63) is 83.0 Å². The summed E-state index contributed by atoms with van der Waals surface area (Å²) in [6, 6.07) is 10.7. The van der Waals surface area contributed by atoms with Crippen molar-refractivity contribution in [3.8, 4) is 16.9 Å². The molecule has 0 aliphatic rings. The number of benzene rings is 2. The molecule has 0 aliphatic heterocycles. The normalized spacial score (nSPS) is 11.5. The Labute approximate surface area is 175 Å². The molecule has 4 aromatic rings. The summed E-state index contributed by atoms with van der Waals surface area (Å²) in [7, 11) is 0. The maximum absolute atomic E-state index is 13.7. The number of alkyl halides is 3. The van der Waals surface area contributed by atoms with Crippen LogP contribution < -0.4 is 5.32 Å². The number of nitrogens with one attached hydrogen (secondary N) is 1. The number of aromatic nitrogens is 3. The predicted octanol–water partition coefficient (Wildman–Crippen LogP) is 5.55. The maximum atomic E-state index is 13.7. The van der Waals surface area contributed by atoms with Gasteiger partial charge in [0.25, 0.3) is 5.91 Å². The number of nitrogens with zero attached hydrogens (tertiary/aromatic N) is 3. The summed E-state index contributed by atoms with van der Waals surface area (Å²) in [5, 5.41) is 7.48. The Kier molecular flexibility index (Phi) is 5.27. The number of amides is 1. The fourth-order valence-corrected chi connectivity index (χ4v) is 3.55. The molecule has 0 aliphatic carbocycles. The van der Waals surface area contributed by atoms with Crippen LogP contribution in [0.3, 0.4) is 0 Å². The highest BCUT2D eigenvalue weighted by Gasteiger charge is 2.40. The van der Waals surface area contributed by atoms with Crippen LogP contribution in [0.5, 0.6) is 0 Å². The molecule has 11 heteroatoms. The molecule has 0 unspecified atom stereocenters. The molecule has 5 nitrogen and oxygen atoms in total. The van der Waals surface area contributed by atoms with Gasteiger partial charge in [0.1, 0.15) is 0 Å². The summed E-state index contributed by atoms with van der Waals surface area (Å²) in [6.45, 7) is 0. The lowest BCUT2D eigenvalue weighted by molar-refractivity contribution is -0.143. The molecular formula is C20H11F5N4OS. The van der Waals surface area contributed by atoms with Gasteiger partial charge in [-0.3, -0.25) is 10.1 Å². The predicted molar refractivity (Wildman–Crippen MR) is 104 cm³/mol. The highest BCUT2D eigenvalue weighted by molar-refractivity contribution is 7.14. The van der Waals surface area contributed by atoms with Crippen LogP contribution in [0.15, 0.2) is 60.1 Å². The number of carbonyl (C=O) groups excluding carboxylic acids is 1. The standard InChI is InChI=1S/C20H11F5N4OS/c21-14-7-6-11(8-15(14)22)16-10-31-19(27-16)28-18(30)13-9-26-29(17(13)20(23,24)25)12-4-2-1-3-5-12/h1-10H,(H,27,28,30). The van der Waals surface area contributed by atoms with E-state index >= 15 is 0 Å². The van der Waals surface area contributed by atoms with E-state index in [4.69, 9.17) is 0 Å². The van der Waals surface area contributed by atoms with Crippen molar-refractivity contribution in [3.63, 3.8) is 0 Å². The first-order chi connectivity index (χ1) is 14.7. The number of hydrogen-bond acceptors (Lipinski definition) is 4. The van der Waals surface area contributed by atoms with E-state index in [2.05, 4.69) is 15.4 Å². The van der Waals surface area contributed by atoms with Gasteiger partial charge in [0.05, 0.1) is 23.1 Å². The summed E-state index contributed by atoms with van der Waals surface area (Å²) >= 11 is 0.926. The second-order valence-electron chi connectivity index (χ2n) is 6.27. The third kappa shape index (κ3) is 4.17. The Hall–Kier alpha value is -3.60. The molecule has 158 valence electrons. The first-order valence-corrected chi connectivity index (χ1v) is 9.55. The highest BCUT2D eigenvalue weighted by Crippen LogP contribution is 2.34. The quantitative estimate of drug-likeness (QED) is 0.415. The molecule has 0 fully saturated rings. The number of thiazole rings is 1. The van der Waals surface area contributed by atoms with Crippen molar-refractivity contribution in [2.45, 2.75) is 6.18 Å². The average Bonchev–Trinajstić information content (AvgIpc) is 3.38. The van der Waals surface area contributed by atoms with Gasteiger partial charge in [0, 0.05) is 10.9 Å². The van der Waals surface area contributed by atoms with Gasteiger partial charge >= 0.3 is 6.18 Å². The fraction of sp³-hybridized carbons (Fsp3) is 0.0500. The first kappa shape index (κ1) is 20.7. The molecule has 0 radical (unpaired) electrons. The Balaban J connectivity index is 1.63. The average molecular weight is 450 g/mol. The van der Waals surface area contributed by atoms with Crippen LogP contribution in [0, 0.1) is 11.6 Å². The summed E-state index contributed by atoms with van der Waals surface area (Å²) in [4.78, 5) is 16.6. The molecule has 2 aromatic heterocycles. The molecule has 0 saturated carbocycles. The van der Waals surface area contributed by atoms with Crippen LogP contribution in [0.4, 0.5) is 27.1 Å². The van der Waals surface area contributed by atoms with Crippen molar-refractivity contribution in [2.24, 2.45) is 0 Å². The monoisotopic (exact) mass is 450 g/mol. The van der Waals surface area contributed by atoms with Crippen molar-refractivity contribution in [1.82, 2.24) is 14.8 Å². The van der Waals surface area contributed by atoms with Crippen molar-refractivity contribution in [1.29, 1.82) is 0 Å². The van der Waals surface area contributed by atoms with E-state index < -0.39 is 35.0 Å². The number of halogens is 5. The van der Waals surface area contributed by atoms with Gasteiger partial charge in [-0.05, 0) is 30.3 Å². The highest BCUT2D eigenvalue weighted by atomic mass is 32.1. The molecule has 2 aromatic carbocycles. The largest absolute Gasteiger partial charge is 0.434 e. The van der Waals surface area contributed by atoms with E-state index in [1.165, 1.54) is 23.6 Å². The molecule has 31 heavy (non-hydrogen) atoms. The summed E-state index contributed by atoms with van der Waals surface area (Å²) in [5.74, 6) is -3.15. The molecule has 0 bridgehead atoms. The van der Waals surface area contributed by atoms with E-state index in [0.29, 0.717) is 4.68 Å². The molecular weight excluding hydrogens is 439 g/mol. The van der Waals surface area contributed by atoms with Gasteiger partial charge in [-0.2, -0.15) is 18.3 Å². The van der Waals surface area contributed by atoms with E-state index in [-0.39, 0.29) is 22.1 Å². The van der Waals surface area contributed by atoms with Crippen LogP contribution in [0.25, 0.3) is 16.9 Å². The number of hydrogen-bond donors (Lipinski definition) is 1. The molecule has 2 heterocycles. The number of rotatable bonds is 4. The van der Waals surface area contributed by atoms with Gasteiger partial charge in [-0.15, -0.1) is 11.3 Å². The van der Waals surface area contributed by atoms with Crippen molar-refractivity contribution < 1.29 is 26.7 Å². The Morgan fingerprint density at radius 1 is 1.03 bits per heavy atom. The van der Waals surface area contributed by atoms with Gasteiger partial charge in [0.15, 0.2) is 22.5 Å². The minimum atomic E-state index is -4.85. The van der Waals surface area contributed by atoms with E-state index in [1.54, 1.807) is 18.2 Å². The molecule has 4 rings (SSSR count). The Bertz CT molecular complexity index is 1250. The number of carbonyl (C=O) groups is 1. The summed E-state index contributed by atoms with van der Waals surface area (Å²) < 4.78 is 68.3. The fourth-order valence-electron chi connectivity index (χ4n) is 2.84. The SMILES string of the molecule is O=C(Nc1nc(-c2ccc(F)c(F)c2)cs1)c1cnn(-c2ccccc2)c1C(F)(F)F. The second kappa shape index (κ2) is 7.91. The third-order valence-corrected chi connectivity index (χ3v) is 4.98. The minimum absolute atomic E-state index is 0.00896. The lowest BCUT2D eigenvalue weighted by Gasteiger charge is -2.12. The Morgan fingerprint density at radius 2 is 1.77 bits per heavy atom. The first-order valence-electron chi connectivity index (χ1n) is 8.67. The molecule has 1 N–H and O–H groups in total. The van der Waals surface area contributed by atoms with Crippen LogP contribution in [-0.4, -0.2) is 20.7 Å². The van der Waals surface area contributed by atoms with Crippen LogP contribution in [0.2, 0.25) is 0 Å². The summed E-state index contributed by atoms with van der Waals surface area (Å²) in [6.07, 6.45) is -4.02. The van der Waals surface area contributed by atoms with Crippen molar-refractivity contribution in [2.75, 3.05) is 5.32 Å². The topological polar surface area (TPSA) is 59.8 Å².